The van der Waals surface area contributed by atoms with Crippen molar-refractivity contribution >= 4 is 17.1 Å². The lowest BCUT2D eigenvalue weighted by molar-refractivity contribution is -0.385. The maximum absolute atomic E-state index is 13.6. The number of nitrogens with one attached hydrogen (secondary N) is 1. The third-order valence-electron chi connectivity index (χ3n) is 2.40. The van der Waals surface area contributed by atoms with Crippen molar-refractivity contribution in [2.45, 2.75) is 13.5 Å². The van der Waals surface area contributed by atoms with E-state index in [0.29, 0.717) is 12.2 Å². The van der Waals surface area contributed by atoms with Crippen molar-refractivity contribution in [1.29, 1.82) is 0 Å². The molecule has 1 N–H and O–H groups in total. The molecule has 7 heteroatoms. The van der Waals surface area contributed by atoms with E-state index in [9.17, 15) is 14.5 Å². The molecular formula is C11H11FN4O2. The number of nitro benzene ring substituents is 1. The Morgan fingerprint density at radius 2 is 2.33 bits per heavy atom. The van der Waals surface area contributed by atoms with Gasteiger partial charge in [-0.25, -0.2) is 4.39 Å². The Balaban J connectivity index is 2.21. The highest BCUT2D eigenvalue weighted by Gasteiger charge is 2.11. The van der Waals surface area contributed by atoms with Crippen LogP contribution in [0.15, 0.2) is 30.6 Å². The van der Waals surface area contributed by atoms with Gasteiger partial charge >= 0.3 is 0 Å². The first kappa shape index (κ1) is 12.0. The van der Waals surface area contributed by atoms with E-state index in [1.165, 1.54) is 12.1 Å². The molecule has 0 saturated heterocycles. The van der Waals surface area contributed by atoms with Gasteiger partial charge in [-0.2, -0.15) is 5.10 Å². The minimum Gasteiger partial charge on any atom is -0.351 e. The number of halogens is 1. The predicted octanol–water partition coefficient (Wildman–Crippen LogP) is 2.69. The predicted molar refractivity (Wildman–Crippen MR) is 64.2 cm³/mol. The molecule has 0 amide bonds. The highest BCUT2D eigenvalue weighted by molar-refractivity contribution is 5.60. The van der Waals surface area contributed by atoms with Crippen molar-refractivity contribution in [3.63, 3.8) is 0 Å². The van der Waals surface area contributed by atoms with Gasteiger partial charge in [0.1, 0.15) is 0 Å². The van der Waals surface area contributed by atoms with E-state index in [-0.39, 0.29) is 11.4 Å². The summed E-state index contributed by atoms with van der Waals surface area (Å²) in [5.74, 6) is -0.673. The van der Waals surface area contributed by atoms with E-state index < -0.39 is 10.7 Å². The van der Waals surface area contributed by atoms with Gasteiger partial charge in [-0.05, 0) is 13.0 Å². The summed E-state index contributed by atoms with van der Waals surface area (Å²) in [6.45, 7) is 2.65. The fraction of sp³-hybridized carbons (Fsp3) is 0.182. The van der Waals surface area contributed by atoms with Gasteiger partial charge in [0.05, 0.1) is 28.6 Å². The van der Waals surface area contributed by atoms with Crippen LogP contribution in [0.3, 0.4) is 0 Å². The van der Waals surface area contributed by atoms with Crippen LogP contribution < -0.4 is 5.32 Å². The molecule has 0 aliphatic heterocycles. The van der Waals surface area contributed by atoms with Crippen LogP contribution in [0.25, 0.3) is 0 Å². The smallest absolute Gasteiger partial charge is 0.272 e. The standard InChI is InChI=1S/C11H11FN4O2/c1-2-15-7-8(6-13-15)14-11-4-3-9(16(17)18)5-10(11)12/h3-7,14H,2H2,1H3. The summed E-state index contributed by atoms with van der Waals surface area (Å²) in [5.41, 5.74) is 0.531. The van der Waals surface area contributed by atoms with Gasteiger partial charge in [0.15, 0.2) is 5.82 Å². The maximum atomic E-state index is 13.6. The first-order chi connectivity index (χ1) is 8.60. The van der Waals surface area contributed by atoms with Crippen molar-refractivity contribution < 1.29 is 9.31 Å². The number of nitro groups is 1. The monoisotopic (exact) mass is 250 g/mol. The molecule has 0 radical (unpaired) electrons. The number of aromatic nitrogens is 2. The normalized spacial score (nSPS) is 10.3. The Kier molecular flexibility index (Phi) is 3.22. The number of rotatable bonds is 4. The molecular weight excluding hydrogens is 239 g/mol. The molecule has 2 aromatic rings. The molecule has 0 fully saturated rings. The first-order valence-corrected chi connectivity index (χ1v) is 5.33. The van der Waals surface area contributed by atoms with Gasteiger partial charge in [0.25, 0.3) is 5.69 Å². The number of anilines is 2. The second-order valence-electron chi connectivity index (χ2n) is 3.63. The minimum absolute atomic E-state index is 0.177. The zero-order valence-corrected chi connectivity index (χ0v) is 9.63. The van der Waals surface area contributed by atoms with Crippen LogP contribution in [0, 0.1) is 15.9 Å². The summed E-state index contributed by atoms with van der Waals surface area (Å²) in [5, 5.41) is 17.3. The lowest BCUT2D eigenvalue weighted by atomic mass is 10.2. The third kappa shape index (κ3) is 2.45. The second-order valence-corrected chi connectivity index (χ2v) is 3.63. The molecule has 1 heterocycles. The molecule has 1 aromatic heterocycles. The van der Waals surface area contributed by atoms with Crippen LogP contribution in [0.2, 0.25) is 0 Å². The molecule has 0 aliphatic rings. The average Bonchev–Trinajstić information content (AvgIpc) is 2.79. The van der Waals surface area contributed by atoms with Gasteiger partial charge in [0, 0.05) is 18.8 Å². The molecule has 18 heavy (non-hydrogen) atoms. The molecule has 94 valence electrons. The number of hydrogen-bond acceptors (Lipinski definition) is 4. The Labute approximate surface area is 102 Å². The molecule has 0 saturated carbocycles. The highest BCUT2D eigenvalue weighted by atomic mass is 19.1. The summed E-state index contributed by atoms with van der Waals surface area (Å²) >= 11 is 0. The zero-order chi connectivity index (χ0) is 13.1. The number of non-ortho nitro benzene ring substituents is 1. The second kappa shape index (κ2) is 4.82. The van der Waals surface area contributed by atoms with Crippen LogP contribution in [-0.4, -0.2) is 14.7 Å². The molecule has 0 atom stereocenters. The number of hydrogen-bond donors (Lipinski definition) is 1. The number of aryl methyl sites for hydroxylation is 1. The zero-order valence-electron chi connectivity index (χ0n) is 9.63. The van der Waals surface area contributed by atoms with E-state index in [0.717, 1.165) is 6.07 Å². The minimum atomic E-state index is -0.673. The topological polar surface area (TPSA) is 73.0 Å². The van der Waals surface area contributed by atoms with Crippen LogP contribution >= 0.6 is 0 Å². The molecule has 0 spiro atoms. The van der Waals surface area contributed by atoms with Crippen LogP contribution in [0.5, 0.6) is 0 Å². The quantitative estimate of drug-likeness (QED) is 0.668. The molecule has 2 rings (SSSR count). The summed E-state index contributed by atoms with van der Waals surface area (Å²) in [4.78, 5) is 9.83. The van der Waals surface area contributed by atoms with Crippen molar-refractivity contribution in [3.05, 3.63) is 46.5 Å². The van der Waals surface area contributed by atoms with E-state index in [1.54, 1.807) is 17.1 Å². The van der Waals surface area contributed by atoms with Gasteiger partial charge in [-0.15, -0.1) is 0 Å². The van der Waals surface area contributed by atoms with E-state index >= 15 is 0 Å². The summed E-state index contributed by atoms with van der Waals surface area (Å²) < 4.78 is 15.3. The van der Waals surface area contributed by atoms with Crippen molar-refractivity contribution in [2.75, 3.05) is 5.32 Å². The number of benzene rings is 1. The highest BCUT2D eigenvalue weighted by Crippen LogP contribution is 2.23. The lowest BCUT2D eigenvalue weighted by Gasteiger charge is -2.04. The summed E-state index contributed by atoms with van der Waals surface area (Å²) in [7, 11) is 0. The van der Waals surface area contributed by atoms with E-state index in [1.807, 2.05) is 6.92 Å². The SMILES string of the molecule is CCn1cc(Nc2ccc([N+](=O)[O-])cc2F)cn1. The summed E-state index contributed by atoms with van der Waals surface area (Å²) in [6.07, 6.45) is 3.28. The summed E-state index contributed by atoms with van der Waals surface area (Å²) in [6, 6.07) is 3.46. The lowest BCUT2D eigenvalue weighted by Crippen LogP contribution is -1.95. The van der Waals surface area contributed by atoms with Crippen LogP contribution in [0.4, 0.5) is 21.5 Å². The number of nitrogens with zero attached hydrogens (tertiary/aromatic N) is 3. The Hall–Kier alpha value is -2.44. The molecule has 0 aliphatic carbocycles. The van der Waals surface area contributed by atoms with Crippen LogP contribution in [0.1, 0.15) is 6.92 Å². The van der Waals surface area contributed by atoms with Gasteiger partial charge in [-0.1, -0.05) is 0 Å². The molecule has 0 bridgehead atoms. The Morgan fingerprint density at radius 3 is 2.89 bits per heavy atom. The van der Waals surface area contributed by atoms with Gasteiger partial charge in [-0.3, -0.25) is 14.8 Å². The van der Waals surface area contributed by atoms with Gasteiger partial charge < -0.3 is 5.32 Å². The molecule has 6 nitrogen and oxygen atoms in total. The Bertz CT molecular complexity index is 582. The third-order valence-corrected chi connectivity index (χ3v) is 2.40. The van der Waals surface area contributed by atoms with Gasteiger partial charge in [0.2, 0.25) is 0 Å². The van der Waals surface area contributed by atoms with Crippen molar-refractivity contribution in [1.82, 2.24) is 9.78 Å². The fourth-order valence-corrected chi connectivity index (χ4v) is 1.48. The van der Waals surface area contributed by atoms with E-state index in [2.05, 4.69) is 10.4 Å². The molecule has 1 aromatic carbocycles. The fourth-order valence-electron chi connectivity index (χ4n) is 1.48. The van der Waals surface area contributed by atoms with Crippen molar-refractivity contribution in [2.24, 2.45) is 0 Å². The van der Waals surface area contributed by atoms with Crippen LogP contribution in [-0.2, 0) is 6.54 Å². The molecule has 0 unspecified atom stereocenters. The van der Waals surface area contributed by atoms with Crippen molar-refractivity contribution in [3.8, 4) is 0 Å². The Morgan fingerprint density at radius 1 is 1.56 bits per heavy atom. The maximum Gasteiger partial charge on any atom is 0.272 e. The first-order valence-electron chi connectivity index (χ1n) is 5.33. The van der Waals surface area contributed by atoms with E-state index in [4.69, 9.17) is 0 Å². The largest absolute Gasteiger partial charge is 0.351 e. The average molecular weight is 250 g/mol.